The lowest BCUT2D eigenvalue weighted by molar-refractivity contribution is 0.0957. The highest BCUT2D eigenvalue weighted by Crippen LogP contribution is 2.29. The fourth-order valence-electron chi connectivity index (χ4n) is 4.05. The molecule has 5 N–H and O–H groups in total. The van der Waals surface area contributed by atoms with Crippen LogP contribution in [0.15, 0.2) is 48.7 Å². The number of benzene rings is 2. The lowest BCUT2D eigenvalue weighted by atomic mass is 9.94. The van der Waals surface area contributed by atoms with E-state index >= 15 is 0 Å². The van der Waals surface area contributed by atoms with Crippen LogP contribution >= 0.6 is 0 Å². The Balaban J connectivity index is 1.50. The minimum absolute atomic E-state index is 0.170. The Kier molecular flexibility index (Phi) is 4.88. The molecule has 2 aliphatic rings. The molecule has 3 aromatic rings. The van der Waals surface area contributed by atoms with E-state index in [9.17, 15) is 4.79 Å². The number of rotatable bonds is 3. The largest absolute Gasteiger partial charge is 0.491 e. The summed E-state index contributed by atoms with van der Waals surface area (Å²) < 4.78 is 5.69. The van der Waals surface area contributed by atoms with E-state index in [2.05, 4.69) is 33.8 Å². The van der Waals surface area contributed by atoms with Crippen LogP contribution in [0.25, 0.3) is 11.1 Å². The van der Waals surface area contributed by atoms with E-state index < -0.39 is 0 Å². The molecule has 0 radical (unpaired) electrons. The van der Waals surface area contributed by atoms with Gasteiger partial charge in [0.2, 0.25) is 0 Å². The van der Waals surface area contributed by atoms with Gasteiger partial charge in [-0.05, 0) is 47.9 Å². The van der Waals surface area contributed by atoms with Gasteiger partial charge in [0.25, 0.3) is 5.91 Å². The Labute approximate surface area is 180 Å². The van der Waals surface area contributed by atoms with Crippen molar-refractivity contribution in [2.75, 3.05) is 25.4 Å². The zero-order valence-electron chi connectivity index (χ0n) is 17.0. The Bertz CT molecular complexity index is 1200. The lowest BCUT2D eigenvalue weighted by Crippen LogP contribution is -2.24. The molecule has 0 saturated carbocycles. The second-order valence-corrected chi connectivity index (χ2v) is 7.76. The van der Waals surface area contributed by atoms with Crippen molar-refractivity contribution in [2.45, 2.75) is 13.0 Å². The molecular formula is C24H23N5O2. The van der Waals surface area contributed by atoms with Crippen molar-refractivity contribution in [1.82, 2.24) is 15.6 Å². The fraction of sp³-hybridized carbons (Fsp3) is 0.208. The summed E-state index contributed by atoms with van der Waals surface area (Å²) in [5.74, 6) is 0.601. The molecule has 3 heterocycles. The zero-order valence-corrected chi connectivity index (χ0v) is 17.0. The van der Waals surface area contributed by atoms with Crippen LogP contribution in [0.3, 0.4) is 0 Å². The van der Waals surface area contributed by atoms with Crippen molar-refractivity contribution >= 4 is 17.4 Å². The summed E-state index contributed by atoms with van der Waals surface area (Å²) in [6.45, 7) is 2.72. The van der Waals surface area contributed by atoms with Crippen LogP contribution in [0, 0.1) is 5.41 Å². The number of hydrogen-bond donors (Lipinski definition) is 4. The topological polar surface area (TPSA) is 113 Å². The minimum Gasteiger partial charge on any atom is -0.491 e. The first kappa shape index (κ1) is 19.3. The second kappa shape index (κ2) is 7.85. The first-order valence-corrected chi connectivity index (χ1v) is 10.3. The van der Waals surface area contributed by atoms with Crippen LogP contribution in [-0.2, 0) is 13.0 Å². The molecule has 7 nitrogen and oxygen atoms in total. The molecule has 0 atom stereocenters. The molecular weight excluding hydrogens is 390 g/mol. The third-order valence-electron chi connectivity index (χ3n) is 5.77. The molecule has 0 fully saturated rings. The van der Waals surface area contributed by atoms with E-state index in [1.807, 2.05) is 6.07 Å². The lowest BCUT2D eigenvalue weighted by Gasteiger charge is -2.18. The van der Waals surface area contributed by atoms with Gasteiger partial charge in [0.05, 0.1) is 17.8 Å². The van der Waals surface area contributed by atoms with E-state index in [-0.39, 0.29) is 11.6 Å². The van der Waals surface area contributed by atoms with Crippen molar-refractivity contribution in [3.05, 3.63) is 76.5 Å². The summed E-state index contributed by atoms with van der Waals surface area (Å²) in [6.07, 6.45) is 2.75. The molecule has 0 saturated heterocycles. The number of nitrogens with one attached hydrogen (secondary N) is 3. The molecule has 1 aromatic heterocycles. The van der Waals surface area contributed by atoms with Gasteiger partial charge in [-0.25, -0.2) is 4.98 Å². The second-order valence-electron chi connectivity index (χ2n) is 7.76. The fourth-order valence-corrected chi connectivity index (χ4v) is 4.05. The predicted molar refractivity (Wildman–Crippen MR) is 120 cm³/mol. The highest BCUT2D eigenvalue weighted by atomic mass is 16.5. The van der Waals surface area contributed by atoms with E-state index in [0.717, 1.165) is 30.6 Å². The Morgan fingerprint density at radius 2 is 1.97 bits per heavy atom. The van der Waals surface area contributed by atoms with Crippen molar-refractivity contribution in [2.24, 2.45) is 0 Å². The highest BCUT2D eigenvalue weighted by Gasteiger charge is 2.19. The zero-order chi connectivity index (χ0) is 21.4. The van der Waals surface area contributed by atoms with Crippen LogP contribution in [0.5, 0.6) is 5.75 Å². The van der Waals surface area contributed by atoms with E-state index in [0.29, 0.717) is 41.4 Å². The number of carbonyl (C=O) groups is 1. The predicted octanol–water partition coefficient (Wildman–Crippen LogP) is 2.51. The molecule has 156 valence electrons. The van der Waals surface area contributed by atoms with Gasteiger partial charge in [-0.3, -0.25) is 10.2 Å². The minimum atomic E-state index is -0.170. The molecule has 0 spiro atoms. The molecule has 7 heteroatoms. The van der Waals surface area contributed by atoms with Gasteiger partial charge in [-0.1, -0.05) is 24.3 Å². The summed E-state index contributed by atoms with van der Waals surface area (Å²) in [6, 6.07) is 13.5. The number of hydrogen-bond acceptors (Lipinski definition) is 6. The summed E-state index contributed by atoms with van der Waals surface area (Å²) in [4.78, 5) is 16.5. The maximum atomic E-state index is 12.1. The van der Waals surface area contributed by atoms with E-state index in [1.54, 1.807) is 24.4 Å². The van der Waals surface area contributed by atoms with Gasteiger partial charge in [-0.2, -0.15) is 0 Å². The number of nitrogens with zero attached hydrogens (tertiary/aromatic N) is 1. The van der Waals surface area contributed by atoms with Crippen LogP contribution in [0.4, 0.5) is 5.82 Å². The number of amides is 1. The molecule has 31 heavy (non-hydrogen) atoms. The van der Waals surface area contributed by atoms with Crippen LogP contribution < -0.4 is 21.1 Å². The van der Waals surface area contributed by atoms with Gasteiger partial charge >= 0.3 is 0 Å². The summed E-state index contributed by atoms with van der Waals surface area (Å²) in [7, 11) is 0. The molecule has 0 unspecified atom stereocenters. The summed E-state index contributed by atoms with van der Waals surface area (Å²) in [5, 5.41) is 14.9. The number of anilines is 1. The average molecular weight is 413 g/mol. The van der Waals surface area contributed by atoms with E-state index in [1.165, 1.54) is 11.1 Å². The van der Waals surface area contributed by atoms with Crippen LogP contribution in [0.2, 0.25) is 0 Å². The molecule has 2 aliphatic heterocycles. The highest BCUT2D eigenvalue weighted by molar-refractivity contribution is 6.14. The maximum Gasteiger partial charge on any atom is 0.255 e. The molecule has 0 bridgehead atoms. The monoisotopic (exact) mass is 413 g/mol. The van der Waals surface area contributed by atoms with Gasteiger partial charge < -0.3 is 21.1 Å². The standard InChI is InChI=1S/C24H23N5O2/c25-22(16-3-4-19-21(11-16)31-8-7-28-24(19)30)20-10-18(13-29-23(20)26)14-1-2-17-12-27-6-5-15(17)9-14/h1-4,9-11,13,25,27H,5-8,12H2,(H2,26,29)(H,28,30). The average Bonchev–Trinajstić information content (AvgIpc) is 2.99. The van der Waals surface area contributed by atoms with Crippen LogP contribution in [0.1, 0.15) is 32.6 Å². The van der Waals surface area contributed by atoms with Gasteiger partial charge in [0.15, 0.2) is 0 Å². The first-order chi connectivity index (χ1) is 15.1. The maximum absolute atomic E-state index is 12.1. The SMILES string of the molecule is N=C(c1ccc2c(c1)OCCNC2=O)c1cc(-c2ccc3c(c2)CCNC3)cnc1N. The number of ether oxygens (including phenoxy) is 1. The third kappa shape index (κ3) is 3.64. The number of carbonyl (C=O) groups excluding carboxylic acids is 1. The van der Waals surface area contributed by atoms with Crippen molar-refractivity contribution in [3.8, 4) is 16.9 Å². The Morgan fingerprint density at radius 3 is 2.87 bits per heavy atom. The first-order valence-electron chi connectivity index (χ1n) is 10.3. The van der Waals surface area contributed by atoms with Gasteiger partial charge in [-0.15, -0.1) is 0 Å². The van der Waals surface area contributed by atoms with Crippen molar-refractivity contribution in [1.29, 1.82) is 5.41 Å². The summed E-state index contributed by atoms with van der Waals surface area (Å²) >= 11 is 0. The number of nitrogen functional groups attached to an aromatic ring is 1. The Morgan fingerprint density at radius 1 is 1.06 bits per heavy atom. The number of pyridine rings is 1. The number of fused-ring (bicyclic) bond motifs is 2. The van der Waals surface area contributed by atoms with Crippen molar-refractivity contribution < 1.29 is 9.53 Å². The van der Waals surface area contributed by atoms with Crippen LogP contribution in [-0.4, -0.2) is 36.3 Å². The molecule has 0 aliphatic carbocycles. The van der Waals surface area contributed by atoms with Crippen molar-refractivity contribution in [3.63, 3.8) is 0 Å². The normalized spacial score (nSPS) is 15.2. The number of aromatic nitrogens is 1. The molecule has 2 aromatic carbocycles. The smallest absolute Gasteiger partial charge is 0.255 e. The van der Waals surface area contributed by atoms with Gasteiger partial charge in [0, 0.05) is 29.4 Å². The van der Waals surface area contributed by atoms with Gasteiger partial charge in [0.1, 0.15) is 18.2 Å². The molecule has 5 rings (SSSR count). The molecule has 1 amide bonds. The quantitative estimate of drug-likeness (QED) is 0.493. The van der Waals surface area contributed by atoms with E-state index in [4.69, 9.17) is 15.9 Å². The third-order valence-corrected chi connectivity index (χ3v) is 5.77. The number of nitrogens with two attached hydrogens (primary N) is 1. The summed E-state index contributed by atoms with van der Waals surface area (Å²) in [5.41, 5.74) is 12.7. The Hall–Kier alpha value is -3.71.